The van der Waals surface area contributed by atoms with Crippen molar-refractivity contribution in [2.24, 2.45) is 0 Å². The van der Waals surface area contributed by atoms with Crippen LogP contribution in [0.3, 0.4) is 0 Å². The number of carboxylic acids is 4. The van der Waals surface area contributed by atoms with E-state index in [1.54, 1.807) is 7.05 Å². The van der Waals surface area contributed by atoms with E-state index in [0.717, 1.165) is 108 Å². The first-order valence-corrected chi connectivity index (χ1v) is 27.2. The molecule has 18 heteroatoms. The standard InChI is InChI=1S/C57H91N5O13/c1-5-7-9-11-13-15-17-19-21-23-25-27-29-31-33-35-56(72)74-49-50(75-57(73)36-34-32-30-28-26-24-22-20-18-16-14-12-10-8-6-2)43-58(3)37-38-59(4)51(63)44-61(46-53(66)67)41-39-60(45-52(64)65)40-42-62(47-54(68)69)48-55(70)71/h50H,5-12,21-49H2,1-4H3,(H,64,65)(H,66,67)(H,68,69)(H,70,71)/p-4. The van der Waals surface area contributed by atoms with Crippen LogP contribution in [-0.2, 0) is 43.0 Å². The van der Waals surface area contributed by atoms with E-state index in [1.807, 2.05) is 4.90 Å². The maximum Gasteiger partial charge on any atom is 0.306 e. The fourth-order valence-electron chi connectivity index (χ4n) is 7.55. The van der Waals surface area contributed by atoms with Crippen LogP contribution < -0.4 is 20.4 Å². The molecule has 0 radical (unpaired) electrons. The van der Waals surface area contributed by atoms with E-state index >= 15 is 0 Å². The molecule has 1 unspecified atom stereocenters. The van der Waals surface area contributed by atoms with Crippen molar-refractivity contribution >= 4 is 41.7 Å². The van der Waals surface area contributed by atoms with Gasteiger partial charge in [-0.15, -0.1) is 0 Å². The Balaban J connectivity index is 5.29. The van der Waals surface area contributed by atoms with E-state index in [4.69, 9.17) is 9.47 Å². The van der Waals surface area contributed by atoms with Crippen molar-refractivity contribution in [3.63, 3.8) is 0 Å². The van der Waals surface area contributed by atoms with Crippen molar-refractivity contribution in [2.75, 3.05) is 99.2 Å². The third kappa shape index (κ3) is 46.6. The van der Waals surface area contributed by atoms with E-state index < -0.39 is 68.0 Å². The zero-order valence-electron chi connectivity index (χ0n) is 45.8. The van der Waals surface area contributed by atoms with Gasteiger partial charge in [0.05, 0.1) is 30.4 Å². The van der Waals surface area contributed by atoms with Gasteiger partial charge in [0.25, 0.3) is 0 Å². The van der Waals surface area contributed by atoms with Crippen LogP contribution in [0, 0.1) is 47.4 Å². The van der Waals surface area contributed by atoms with Gasteiger partial charge in [-0.05, 0) is 69.3 Å². The summed E-state index contributed by atoms with van der Waals surface area (Å²) in [6, 6.07) is 0. The maximum atomic E-state index is 13.3. The summed E-state index contributed by atoms with van der Waals surface area (Å²) in [5.41, 5.74) is 0. The topological polar surface area (TPSA) is 246 Å². The molecule has 0 aromatic rings. The normalized spacial score (nSPS) is 11.1. The number of hydrogen-bond acceptors (Lipinski definition) is 17. The number of esters is 2. The van der Waals surface area contributed by atoms with E-state index in [2.05, 4.69) is 61.2 Å². The second-order valence-corrected chi connectivity index (χ2v) is 18.9. The Morgan fingerprint density at radius 2 is 0.787 bits per heavy atom. The van der Waals surface area contributed by atoms with Crippen LogP contribution in [-0.4, -0.2) is 172 Å². The number of amides is 1. The van der Waals surface area contributed by atoms with Gasteiger partial charge in [-0.2, -0.15) is 0 Å². The van der Waals surface area contributed by atoms with Crippen molar-refractivity contribution in [1.82, 2.24) is 24.5 Å². The highest BCUT2D eigenvalue weighted by Gasteiger charge is 2.21. The predicted molar refractivity (Wildman–Crippen MR) is 279 cm³/mol. The van der Waals surface area contributed by atoms with Gasteiger partial charge >= 0.3 is 11.9 Å². The Bertz CT molecular complexity index is 1880. The summed E-state index contributed by atoms with van der Waals surface area (Å²) in [4.78, 5) is 91.2. The lowest BCUT2D eigenvalue weighted by atomic mass is 10.1. The number of carboxylic acid groups (broad SMARTS) is 4. The molecule has 0 aliphatic heterocycles. The predicted octanol–water partition coefficient (Wildman–Crippen LogP) is 1.15. The molecule has 75 heavy (non-hydrogen) atoms. The molecule has 0 saturated heterocycles. The fourth-order valence-corrected chi connectivity index (χ4v) is 7.55. The first-order chi connectivity index (χ1) is 36.1. The van der Waals surface area contributed by atoms with Crippen molar-refractivity contribution in [3.8, 4) is 47.4 Å². The third-order valence-electron chi connectivity index (χ3n) is 11.9. The minimum Gasteiger partial charge on any atom is -0.549 e. The Labute approximate surface area is 449 Å². The molecule has 0 bridgehead atoms. The summed E-state index contributed by atoms with van der Waals surface area (Å²) in [6.07, 6.45) is 21.3. The van der Waals surface area contributed by atoms with Gasteiger partial charge in [-0.1, -0.05) is 115 Å². The van der Waals surface area contributed by atoms with Gasteiger partial charge in [0, 0.05) is 118 Å². The number of rotatable bonds is 46. The summed E-state index contributed by atoms with van der Waals surface area (Å²) in [5, 5.41) is 45.3. The molecule has 422 valence electrons. The highest BCUT2D eigenvalue weighted by atomic mass is 16.6. The van der Waals surface area contributed by atoms with E-state index in [9.17, 15) is 54.0 Å². The van der Waals surface area contributed by atoms with Crippen molar-refractivity contribution in [3.05, 3.63) is 0 Å². The van der Waals surface area contributed by atoms with Crippen LogP contribution in [0.15, 0.2) is 0 Å². The minimum atomic E-state index is -1.55. The zero-order valence-corrected chi connectivity index (χ0v) is 45.8. The average molecular weight is 1050 g/mol. The summed E-state index contributed by atoms with van der Waals surface area (Å²) in [5.74, 6) is 16.8. The average Bonchev–Trinajstić information content (AvgIpc) is 3.34. The number of carbonyl (C=O) groups excluding carboxylic acids is 7. The van der Waals surface area contributed by atoms with Gasteiger partial charge in [0.15, 0.2) is 0 Å². The third-order valence-corrected chi connectivity index (χ3v) is 11.9. The van der Waals surface area contributed by atoms with Gasteiger partial charge in [-0.25, -0.2) is 0 Å². The highest BCUT2D eigenvalue weighted by molar-refractivity contribution is 5.79. The molecule has 0 aromatic heterocycles. The van der Waals surface area contributed by atoms with E-state index in [0.29, 0.717) is 19.4 Å². The van der Waals surface area contributed by atoms with Crippen LogP contribution in [0.4, 0.5) is 0 Å². The summed E-state index contributed by atoms with van der Waals surface area (Å²) in [6.45, 7) is 1.14. The Hall–Kier alpha value is -5.63. The molecule has 0 aliphatic carbocycles. The fraction of sp³-hybridized carbons (Fsp3) is 0.737. The number of hydrogen-bond donors (Lipinski definition) is 0. The second-order valence-electron chi connectivity index (χ2n) is 18.9. The van der Waals surface area contributed by atoms with Gasteiger partial charge < -0.3 is 58.9 Å². The van der Waals surface area contributed by atoms with Gasteiger partial charge in [0.2, 0.25) is 5.91 Å². The van der Waals surface area contributed by atoms with Gasteiger partial charge in [0.1, 0.15) is 12.7 Å². The van der Waals surface area contributed by atoms with Crippen molar-refractivity contribution < 1.29 is 63.5 Å². The number of likely N-dealkylation sites (N-methyl/N-ethyl adjacent to an activating group) is 2. The lowest BCUT2D eigenvalue weighted by Crippen LogP contribution is -2.50. The van der Waals surface area contributed by atoms with Crippen LogP contribution in [0.2, 0.25) is 0 Å². The van der Waals surface area contributed by atoms with E-state index in [-0.39, 0.29) is 71.2 Å². The lowest BCUT2D eigenvalue weighted by molar-refractivity contribution is -0.311. The maximum absolute atomic E-state index is 13.3. The molecule has 0 saturated carbocycles. The second kappa shape index (κ2) is 48.0. The molecular formula is C57H87N5O13-4. The van der Waals surface area contributed by atoms with Crippen LogP contribution in [0.25, 0.3) is 0 Å². The Morgan fingerprint density at radius 1 is 0.427 bits per heavy atom. The first-order valence-electron chi connectivity index (χ1n) is 27.2. The van der Waals surface area contributed by atoms with Crippen molar-refractivity contribution in [2.45, 2.75) is 174 Å². The lowest BCUT2D eigenvalue weighted by Gasteiger charge is -2.31. The number of nitrogens with zero attached hydrogens (tertiary/aromatic N) is 5. The summed E-state index contributed by atoms with van der Waals surface area (Å²) < 4.78 is 11.5. The zero-order chi connectivity index (χ0) is 55.7. The Morgan fingerprint density at radius 3 is 1.21 bits per heavy atom. The quantitative estimate of drug-likeness (QED) is 0.0472. The Kier molecular flexibility index (Phi) is 44.4. The first kappa shape index (κ1) is 69.4. The number of ether oxygens (including phenoxy) is 2. The number of unbranched alkanes of at least 4 members (excludes halogenated alkanes) is 18. The van der Waals surface area contributed by atoms with E-state index in [1.165, 1.54) is 47.4 Å². The van der Waals surface area contributed by atoms with Crippen LogP contribution in [0.1, 0.15) is 168 Å². The molecule has 0 aliphatic rings. The molecule has 0 spiro atoms. The van der Waals surface area contributed by atoms with Crippen molar-refractivity contribution in [1.29, 1.82) is 0 Å². The summed E-state index contributed by atoms with van der Waals surface area (Å²) >= 11 is 0. The monoisotopic (exact) mass is 1050 g/mol. The largest absolute Gasteiger partial charge is 0.549 e. The molecule has 1 atom stereocenters. The van der Waals surface area contributed by atoms with Gasteiger partial charge in [-0.3, -0.25) is 29.1 Å². The van der Waals surface area contributed by atoms with Crippen LogP contribution >= 0.6 is 0 Å². The molecule has 0 N–H and O–H groups in total. The molecule has 0 fully saturated rings. The molecular weight excluding hydrogens is 963 g/mol. The van der Waals surface area contributed by atoms with Crippen LogP contribution in [0.5, 0.6) is 0 Å². The molecule has 18 nitrogen and oxygen atoms in total. The SMILES string of the molecule is CCCCCC#CC#CCCCCCCCCC(=O)OCC(CN(C)CCN(C)C(=O)CN(CCN(CCN(CC(=O)[O-])CC(=O)[O-])CC(=O)[O-])CC(=O)[O-])OC(=O)CCCCCCCCC#CC#CCCCCC. The minimum absolute atomic E-state index is 0.102. The summed E-state index contributed by atoms with van der Waals surface area (Å²) in [7, 11) is 3.29. The number of carbonyl (C=O) groups is 7. The highest BCUT2D eigenvalue weighted by Crippen LogP contribution is 2.12. The molecule has 0 heterocycles. The molecule has 0 aromatic carbocycles. The number of aliphatic carboxylic acids is 4. The molecule has 0 rings (SSSR count). The molecule has 1 amide bonds. The smallest absolute Gasteiger partial charge is 0.306 e.